The van der Waals surface area contributed by atoms with Gasteiger partial charge in [-0.1, -0.05) is 64.2 Å². The second-order valence-electron chi connectivity index (χ2n) is 8.49. The van der Waals surface area contributed by atoms with Crippen molar-refractivity contribution in [3.8, 4) is 0 Å². The molecule has 0 spiro atoms. The molecule has 0 radical (unpaired) electrons. The number of ether oxygens (including phenoxy) is 1. The minimum absolute atomic E-state index is 0.0297. The number of rotatable bonds is 7. The van der Waals surface area contributed by atoms with Crippen LogP contribution in [0.15, 0.2) is 30.3 Å². The van der Waals surface area contributed by atoms with E-state index in [2.05, 4.69) is 33.9 Å². The zero-order chi connectivity index (χ0) is 19.5. The summed E-state index contributed by atoms with van der Waals surface area (Å²) in [5, 5.41) is -0.0297. The monoisotopic (exact) mass is 395 g/mol. The molecule has 2 unspecified atom stereocenters. The summed E-state index contributed by atoms with van der Waals surface area (Å²) in [5.74, 6) is -0.0114. The van der Waals surface area contributed by atoms with Crippen molar-refractivity contribution in [2.24, 2.45) is 5.92 Å². The van der Waals surface area contributed by atoms with Gasteiger partial charge >= 0.3 is 5.97 Å². The number of carbonyl (C=O) groups excluding carboxylic acids is 2. The molecule has 0 saturated carbocycles. The third-order valence-electron chi connectivity index (χ3n) is 5.77. The van der Waals surface area contributed by atoms with Crippen molar-refractivity contribution in [2.75, 3.05) is 5.88 Å². The highest BCUT2D eigenvalue weighted by molar-refractivity contribution is 6.80. The van der Waals surface area contributed by atoms with Gasteiger partial charge in [0.25, 0.3) is 0 Å². The van der Waals surface area contributed by atoms with Crippen LogP contribution in [0, 0.1) is 5.92 Å². The van der Waals surface area contributed by atoms with E-state index in [-0.39, 0.29) is 29.4 Å². The van der Waals surface area contributed by atoms with Gasteiger partial charge in [-0.25, -0.2) is 4.79 Å². The zero-order valence-corrected chi connectivity index (χ0v) is 18.2. The third-order valence-corrected chi connectivity index (χ3v) is 11.4. The van der Waals surface area contributed by atoms with Gasteiger partial charge in [0.05, 0.1) is 5.92 Å². The molecule has 1 amide bonds. The number of esters is 1. The molecule has 2 atom stereocenters. The van der Waals surface area contributed by atoms with Crippen LogP contribution in [0.2, 0.25) is 18.1 Å². The molecular formula is C20H30ClNO3Si. The Morgan fingerprint density at radius 3 is 2.38 bits per heavy atom. The molecule has 1 aliphatic rings. The van der Waals surface area contributed by atoms with Gasteiger partial charge in [-0.15, -0.1) is 11.6 Å². The molecular weight excluding hydrogens is 366 g/mol. The Morgan fingerprint density at radius 2 is 1.85 bits per heavy atom. The number of hydrogen-bond acceptors (Lipinski definition) is 3. The molecule has 1 aromatic rings. The number of benzene rings is 1. The van der Waals surface area contributed by atoms with Gasteiger partial charge in [0.1, 0.15) is 12.6 Å². The molecule has 0 aliphatic carbocycles. The Bertz CT molecular complexity index is 642. The van der Waals surface area contributed by atoms with Crippen LogP contribution in [-0.4, -0.2) is 36.6 Å². The van der Waals surface area contributed by atoms with Crippen LogP contribution < -0.4 is 0 Å². The van der Waals surface area contributed by atoms with Crippen molar-refractivity contribution >= 4 is 31.7 Å². The first-order valence-electron chi connectivity index (χ1n) is 9.21. The fourth-order valence-electron chi connectivity index (χ4n) is 3.20. The van der Waals surface area contributed by atoms with E-state index in [0.717, 1.165) is 12.0 Å². The first-order valence-corrected chi connectivity index (χ1v) is 12.7. The molecule has 0 aromatic heterocycles. The fourth-order valence-corrected chi connectivity index (χ4v) is 5.77. The summed E-state index contributed by atoms with van der Waals surface area (Å²) < 4.78 is 7.45. The number of nitrogens with zero attached hydrogens (tertiary/aromatic N) is 1. The summed E-state index contributed by atoms with van der Waals surface area (Å²) in [6.45, 7) is 11.0. The standard InChI is InChI=1S/C20H30ClNO3Si/c1-20(2,3)26(4,5)22-17(16(18(22)23)12-9-13-21)19(24)25-14-15-10-7-6-8-11-15/h6-8,10-11,16-17H,9,12-14H2,1-5H3. The zero-order valence-electron chi connectivity index (χ0n) is 16.4. The molecule has 0 bridgehead atoms. The molecule has 1 aromatic carbocycles. The average molecular weight is 396 g/mol. The van der Waals surface area contributed by atoms with Gasteiger partial charge < -0.3 is 9.30 Å². The molecule has 1 saturated heterocycles. The van der Waals surface area contributed by atoms with Crippen molar-refractivity contribution in [3.05, 3.63) is 35.9 Å². The number of halogens is 1. The molecule has 144 valence electrons. The fraction of sp³-hybridized carbons (Fsp3) is 0.600. The quantitative estimate of drug-likeness (QED) is 0.294. The van der Waals surface area contributed by atoms with Crippen molar-refractivity contribution in [1.82, 2.24) is 4.57 Å². The second-order valence-corrected chi connectivity index (χ2v) is 14.0. The summed E-state index contributed by atoms with van der Waals surface area (Å²) in [4.78, 5) is 25.7. The summed E-state index contributed by atoms with van der Waals surface area (Å²) >= 11 is 5.81. The molecule has 0 N–H and O–H groups in total. The first kappa shape index (κ1) is 21.0. The maximum atomic E-state index is 12.9. The van der Waals surface area contributed by atoms with Crippen LogP contribution in [0.5, 0.6) is 0 Å². The van der Waals surface area contributed by atoms with E-state index in [0.29, 0.717) is 12.3 Å². The van der Waals surface area contributed by atoms with Crippen LogP contribution in [0.3, 0.4) is 0 Å². The van der Waals surface area contributed by atoms with Crippen LogP contribution in [0.1, 0.15) is 39.2 Å². The van der Waals surface area contributed by atoms with Crippen LogP contribution in [0.25, 0.3) is 0 Å². The van der Waals surface area contributed by atoms with Crippen LogP contribution in [0.4, 0.5) is 0 Å². The van der Waals surface area contributed by atoms with E-state index < -0.39 is 14.3 Å². The highest BCUT2D eigenvalue weighted by atomic mass is 35.5. The van der Waals surface area contributed by atoms with E-state index in [9.17, 15) is 9.59 Å². The minimum Gasteiger partial charge on any atom is -0.459 e. The molecule has 26 heavy (non-hydrogen) atoms. The van der Waals surface area contributed by atoms with Gasteiger partial charge in [0.2, 0.25) is 5.91 Å². The molecule has 6 heteroatoms. The largest absolute Gasteiger partial charge is 0.459 e. The molecule has 1 aliphatic heterocycles. The maximum Gasteiger partial charge on any atom is 0.329 e. The number of carbonyl (C=O) groups is 2. The molecule has 2 rings (SSSR count). The summed E-state index contributed by atoms with van der Waals surface area (Å²) in [7, 11) is -2.15. The SMILES string of the molecule is CC(C)(C)[Si](C)(C)N1C(=O)C(CCCCl)C1C(=O)OCc1ccccc1. The van der Waals surface area contributed by atoms with Gasteiger partial charge in [-0.2, -0.15) is 0 Å². The topological polar surface area (TPSA) is 46.6 Å². The van der Waals surface area contributed by atoms with Crippen molar-refractivity contribution in [2.45, 2.75) is 64.4 Å². The third kappa shape index (κ3) is 4.15. The second kappa shape index (κ2) is 8.13. The normalized spacial score (nSPS) is 20.7. The summed E-state index contributed by atoms with van der Waals surface area (Å²) in [6, 6.07) is 9.14. The smallest absolute Gasteiger partial charge is 0.329 e. The van der Waals surface area contributed by atoms with Crippen LogP contribution >= 0.6 is 11.6 Å². The summed E-state index contributed by atoms with van der Waals surface area (Å²) in [6.07, 6.45) is 1.37. The highest BCUT2D eigenvalue weighted by Gasteiger charge is 2.60. The lowest BCUT2D eigenvalue weighted by molar-refractivity contribution is -0.169. The number of alkyl halides is 1. The number of hydrogen-bond donors (Lipinski definition) is 0. The lowest BCUT2D eigenvalue weighted by atomic mass is 9.86. The van der Waals surface area contributed by atoms with E-state index >= 15 is 0 Å². The Labute approximate surface area is 162 Å². The summed E-state index contributed by atoms with van der Waals surface area (Å²) in [5.41, 5.74) is 0.947. The van der Waals surface area contributed by atoms with E-state index in [1.54, 1.807) is 0 Å². The van der Waals surface area contributed by atoms with Crippen molar-refractivity contribution in [3.63, 3.8) is 0 Å². The lowest BCUT2D eigenvalue weighted by Gasteiger charge is -2.57. The maximum absolute atomic E-state index is 12.9. The van der Waals surface area contributed by atoms with Gasteiger partial charge in [-0.3, -0.25) is 4.79 Å². The minimum atomic E-state index is -2.15. The van der Waals surface area contributed by atoms with E-state index in [1.807, 2.05) is 34.9 Å². The van der Waals surface area contributed by atoms with Gasteiger partial charge in [0.15, 0.2) is 8.24 Å². The van der Waals surface area contributed by atoms with Crippen LogP contribution in [-0.2, 0) is 20.9 Å². The van der Waals surface area contributed by atoms with Gasteiger partial charge in [0, 0.05) is 5.88 Å². The number of amides is 1. The predicted molar refractivity (Wildman–Crippen MR) is 108 cm³/mol. The lowest BCUT2D eigenvalue weighted by Crippen LogP contribution is -2.74. The Morgan fingerprint density at radius 1 is 1.23 bits per heavy atom. The Kier molecular flexibility index (Phi) is 6.56. The predicted octanol–water partition coefficient (Wildman–Crippen LogP) is 4.58. The van der Waals surface area contributed by atoms with Crippen molar-refractivity contribution < 1.29 is 14.3 Å². The molecule has 1 fully saturated rings. The number of β-lactam (4-membered cyclic amide) rings is 1. The molecule has 4 nitrogen and oxygen atoms in total. The molecule has 1 heterocycles. The Balaban J connectivity index is 2.17. The average Bonchev–Trinajstić information content (AvgIpc) is 2.57. The van der Waals surface area contributed by atoms with E-state index in [4.69, 9.17) is 16.3 Å². The first-order chi connectivity index (χ1) is 12.1. The Hall–Kier alpha value is -1.33. The highest BCUT2D eigenvalue weighted by Crippen LogP contribution is 2.46. The van der Waals surface area contributed by atoms with Gasteiger partial charge in [-0.05, 0) is 23.4 Å². The van der Waals surface area contributed by atoms with E-state index in [1.165, 1.54) is 0 Å². The van der Waals surface area contributed by atoms with Crippen molar-refractivity contribution in [1.29, 1.82) is 0 Å².